The molecule has 0 spiro atoms. The molecule has 0 N–H and O–H groups in total. The average Bonchev–Trinajstić information content (AvgIpc) is 2.76. The third-order valence-corrected chi connectivity index (χ3v) is 7.54. The van der Waals surface area contributed by atoms with Crippen molar-refractivity contribution >= 4 is 21.6 Å². The Kier molecular flexibility index (Phi) is 6.39. The summed E-state index contributed by atoms with van der Waals surface area (Å²) in [5.41, 5.74) is 2.15. The topological polar surface area (TPSA) is 40.6 Å². The average molecular weight is 463 g/mol. The lowest BCUT2D eigenvalue weighted by molar-refractivity contribution is 0.156. The van der Waals surface area contributed by atoms with E-state index in [2.05, 4.69) is 4.90 Å². The number of nitrogens with zero attached hydrogens (tertiary/aromatic N) is 2. The summed E-state index contributed by atoms with van der Waals surface area (Å²) in [6.45, 7) is 1.38. The molecule has 1 aliphatic heterocycles. The van der Waals surface area contributed by atoms with Gasteiger partial charge in [0.05, 0.1) is 10.9 Å². The van der Waals surface area contributed by atoms with Crippen molar-refractivity contribution in [1.82, 2.24) is 9.21 Å². The highest BCUT2D eigenvalue weighted by molar-refractivity contribution is 7.89. The maximum absolute atomic E-state index is 13.6. The van der Waals surface area contributed by atoms with Crippen molar-refractivity contribution in [1.29, 1.82) is 0 Å². The Morgan fingerprint density at radius 2 is 1.32 bits per heavy atom. The van der Waals surface area contributed by atoms with Crippen molar-refractivity contribution in [3.05, 3.63) is 101 Å². The molecular formula is C23H21ClF2N2O2S. The van der Waals surface area contributed by atoms with E-state index in [0.717, 1.165) is 23.3 Å². The van der Waals surface area contributed by atoms with Crippen molar-refractivity contribution in [2.45, 2.75) is 10.9 Å². The predicted octanol–water partition coefficient (Wildman–Crippen LogP) is 4.71. The first-order chi connectivity index (χ1) is 14.8. The molecule has 1 saturated heterocycles. The highest BCUT2D eigenvalue weighted by atomic mass is 35.5. The molecule has 3 aromatic rings. The van der Waals surface area contributed by atoms with Crippen LogP contribution in [0, 0.1) is 11.6 Å². The number of piperazine rings is 1. The van der Waals surface area contributed by atoms with Crippen LogP contribution < -0.4 is 0 Å². The van der Waals surface area contributed by atoms with E-state index < -0.39 is 21.7 Å². The second-order valence-electron chi connectivity index (χ2n) is 7.41. The number of halogens is 3. The third-order valence-electron chi connectivity index (χ3n) is 5.41. The smallest absolute Gasteiger partial charge is 0.243 e. The Bertz CT molecular complexity index is 1130. The molecule has 0 saturated carbocycles. The van der Waals surface area contributed by atoms with Gasteiger partial charge in [0.25, 0.3) is 0 Å². The largest absolute Gasteiger partial charge is 0.290 e. The molecule has 8 heteroatoms. The van der Waals surface area contributed by atoms with E-state index >= 15 is 0 Å². The summed E-state index contributed by atoms with van der Waals surface area (Å²) in [4.78, 5) is 1.84. The maximum Gasteiger partial charge on any atom is 0.243 e. The zero-order valence-corrected chi connectivity index (χ0v) is 18.2. The monoisotopic (exact) mass is 462 g/mol. The van der Waals surface area contributed by atoms with Gasteiger partial charge >= 0.3 is 0 Å². The predicted molar refractivity (Wildman–Crippen MR) is 116 cm³/mol. The molecule has 0 aromatic heterocycles. The summed E-state index contributed by atoms with van der Waals surface area (Å²) in [6.07, 6.45) is 0. The molecule has 1 fully saturated rings. The van der Waals surface area contributed by atoms with E-state index in [4.69, 9.17) is 11.6 Å². The molecular weight excluding hydrogens is 442 g/mol. The minimum atomic E-state index is -3.98. The van der Waals surface area contributed by atoms with E-state index in [-0.39, 0.29) is 24.0 Å². The van der Waals surface area contributed by atoms with Gasteiger partial charge < -0.3 is 0 Å². The van der Waals surface area contributed by atoms with Gasteiger partial charge in [-0.2, -0.15) is 4.31 Å². The lowest BCUT2D eigenvalue weighted by atomic mass is 9.96. The summed E-state index contributed by atoms with van der Waals surface area (Å²) in [5.74, 6) is -1.83. The van der Waals surface area contributed by atoms with Crippen molar-refractivity contribution in [3.63, 3.8) is 0 Å². The van der Waals surface area contributed by atoms with Gasteiger partial charge in [-0.15, -0.1) is 0 Å². The SMILES string of the molecule is O=S(=O)(c1cc(F)cc(F)c1)N1CCN([C@@H](c2ccccc2)c2ccc(Cl)cc2)CC1. The molecule has 0 aliphatic carbocycles. The first-order valence-corrected chi connectivity index (χ1v) is 11.7. The van der Waals surface area contributed by atoms with E-state index in [1.54, 1.807) is 0 Å². The Hall–Kier alpha value is -2.32. The lowest BCUT2D eigenvalue weighted by Gasteiger charge is -2.39. The van der Waals surface area contributed by atoms with Gasteiger partial charge in [-0.3, -0.25) is 4.90 Å². The van der Waals surface area contributed by atoms with Gasteiger partial charge in [0.2, 0.25) is 10.0 Å². The van der Waals surface area contributed by atoms with Gasteiger partial charge in [-0.1, -0.05) is 54.1 Å². The summed E-state index contributed by atoms with van der Waals surface area (Å²) < 4.78 is 54.2. The van der Waals surface area contributed by atoms with E-state index in [9.17, 15) is 17.2 Å². The van der Waals surface area contributed by atoms with Gasteiger partial charge in [0.15, 0.2) is 0 Å². The summed E-state index contributed by atoms with van der Waals surface area (Å²) in [7, 11) is -3.98. The van der Waals surface area contributed by atoms with Crippen LogP contribution in [0.25, 0.3) is 0 Å². The van der Waals surface area contributed by atoms with E-state index in [0.29, 0.717) is 24.2 Å². The maximum atomic E-state index is 13.6. The first kappa shape index (κ1) is 21.9. The fraction of sp³-hybridized carbons (Fsp3) is 0.217. The Labute approximate surface area is 185 Å². The Morgan fingerprint density at radius 1 is 0.774 bits per heavy atom. The van der Waals surface area contributed by atoms with Gasteiger partial charge in [-0.25, -0.2) is 17.2 Å². The summed E-state index contributed by atoms with van der Waals surface area (Å²) >= 11 is 6.06. The Morgan fingerprint density at radius 3 is 1.90 bits per heavy atom. The third kappa shape index (κ3) is 4.80. The molecule has 1 aliphatic rings. The van der Waals surface area contributed by atoms with Crippen molar-refractivity contribution in [3.8, 4) is 0 Å². The fourth-order valence-corrected chi connectivity index (χ4v) is 5.51. The molecule has 0 amide bonds. The fourth-order valence-electron chi connectivity index (χ4n) is 3.92. The van der Waals surface area contributed by atoms with Crippen LogP contribution in [0.5, 0.6) is 0 Å². The molecule has 0 radical (unpaired) electrons. The summed E-state index contributed by atoms with van der Waals surface area (Å²) in [6, 6.07) is 19.9. The van der Waals surface area contributed by atoms with Crippen LogP contribution in [-0.2, 0) is 10.0 Å². The van der Waals surface area contributed by atoms with Crippen LogP contribution in [0.3, 0.4) is 0 Å². The molecule has 1 atom stereocenters. The number of benzene rings is 3. The normalized spacial score (nSPS) is 16.9. The van der Waals surface area contributed by atoms with Crippen molar-refractivity contribution in [2.24, 2.45) is 0 Å². The highest BCUT2D eigenvalue weighted by Crippen LogP contribution is 2.31. The molecule has 162 valence electrons. The van der Waals surface area contributed by atoms with Crippen LogP contribution in [0.1, 0.15) is 17.2 Å². The zero-order chi connectivity index (χ0) is 22.0. The van der Waals surface area contributed by atoms with E-state index in [1.165, 1.54) is 4.31 Å². The Balaban J connectivity index is 1.57. The second kappa shape index (κ2) is 9.04. The van der Waals surface area contributed by atoms with Crippen LogP contribution in [0.15, 0.2) is 77.7 Å². The standard InChI is InChI=1S/C23H21ClF2N2O2S/c24-19-8-6-18(7-9-19)23(17-4-2-1-3-5-17)27-10-12-28(13-11-27)31(29,30)22-15-20(25)14-21(26)16-22/h1-9,14-16,23H,10-13H2/t23-/m0/s1. The van der Waals surface area contributed by atoms with Crippen LogP contribution >= 0.6 is 11.6 Å². The summed E-state index contributed by atoms with van der Waals surface area (Å²) in [5, 5.41) is 0.647. The van der Waals surface area contributed by atoms with Gasteiger partial charge in [-0.05, 0) is 35.4 Å². The molecule has 0 bridgehead atoms. The van der Waals surface area contributed by atoms with Crippen LogP contribution in [-0.4, -0.2) is 43.8 Å². The minimum Gasteiger partial charge on any atom is -0.290 e. The number of sulfonamides is 1. The zero-order valence-electron chi connectivity index (χ0n) is 16.6. The molecule has 4 nitrogen and oxygen atoms in total. The van der Waals surface area contributed by atoms with Crippen LogP contribution in [0.4, 0.5) is 8.78 Å². The molecule has 1 heterocycles. The molecule has 0 unspecified atom stereocenters. The van der Waals surface area contributed by atoms with Gasteiger partial charge in [0.1, 0.15) is 11.6 Å². The number of hydrogen-bond donors (Lipinski definition) is 0. The number of rotatable bonds is 5. The van der Waals surface area contributed by atoms with Crippen molar-refractivity contribution in [2.75, 3.05) is 26.2 Å². The lowest BCUT2D eigenvalue weighted by Crippen LogP contribution is -2.49. The number of hydrogen-bond acceptors (Lipinski definition) is 3. The van der Waals surface area contributed by atoms with Gasteiger partial charge in [0, 0.05) is 37.3 Å². The molecule has 3 aromatic carbocycles. The quantitative estimate of drug-likeness (QED) is 0.551. The van der Waals surface area contributed by atoms with Crippen LogP contribution in [0.2, 0.25) is 5.02 Å². The van der Waals surface area contributed by atoms with E-state index in [1.807, 2.05) is 54.6 Å². The highest BCUT2D eigenvalue weighted by Gasteiger charge is 2.32. The first-order valence-electron chi connectivity index (χ1n) is 9.85. The second-order valence-corrected chi connectivity index (χ2v) is 9.78. The molecule has 4 rings (SSSR count). The van der Waals surface area contributed by atoms with Crippen molar-refractivity contribution < 1.29 is 17.2 Å². The minimum absolute atomic E-state index is 0.0602. The molecule has 31 heavy (non-hydrogen) atoms.